The molecular formula is C17H27N3. The summed E-state index contributed by atoms with van der Waals surface area (Å²) in [5.74, 6) is 1.70. The minimum atomic E-state index is 0.671. The second-order valence-corrected chi connectivity index (χ2v) is 6.93. The van der Waals surface area contributed by atoms with E-state index < -0.39 is 0 Å². The van der Waals surface area contributed by atoms with Gasteiger partial charge in [0.2, 0.25) is 0 Å². The predicted molar refractivity (Wildman–Crippen MR) is 82.4 cm³/mol. The third kappa shape index (κ3) is 3.58. The third-order valence-electron chi connectivity index (χ3n) is 4.61. The van der Waals surface area contributed by atoms with Crippen LogP contribution >= 0.6 is 0 Å². The average Bonchev–Trinajstić information content (AvgIpc) is 3.26. The van der Waals surface area contributed by atoms with E-state index in [0.29, 0.717) is 6.04 Å². The molecule has 2 aliphatic rings. The Balaban J connectivity index is 1.66. The van der Waals surface area contributed by atoms with E-state index in [0.717, 1.165) is 31.0 Å². The van der Waals surface area contributed by atoms with Crippen molar-refractivity contribution in [2.75, 3.05) is 13.1 Å². The molecule has 2 unspecified atom stereocenters. The highest BCUT2D eigenvalue weighted by Crippen LogP contribution is 2.35. The normalized spacial score (nSPS) is 27.9. The van der Waals surface area contributed by atoms with Gasteiger partial charge in [0.05, 0.1) is 0 Å². The maximum atomic E-state index is 4.26. The van der Waals surface area contributed by atoms with Gasteiger partial charge in [-0.25, -0.2) is 0 Å². The highest BCUT2D eigenvalue weighted by atomic mass is 15.2. The molecule has 3 rings (SSSR count). The first kappa shape index (κ1) is 14.0. The minimum Gasteiger partial charge on any atom is -0.311 e. The zero-order valence-electron chi connectivity index (χ0n) is 12.8. The molecule has 1 aromatic rings. The van der Waals surface area contributed by atoms with Gasteiger partial charge in [-0.05, 0) is 42.7 Å². The fourth-order valence-corrected chi connectivity index (χ4v) is 3.39. The Kier molecular flexibility index (Phi) is 4.37. The summed E-state index contributed by atoms with van der Waals surface area (Å²) >= 11 is 0. The minimum absolute atomic E-state index is 0.671. The summed E-state index contributed by atoms with van der Waals surface area (Å²) in [5, 5.41) is 3.79. The number of nitrogens with one attached hydrogen (secondary N) is 1. The van der Waals surface area contributed by atoms with Crippen LogP contribution < -0.4 is 5.32 Å². The van der Waals surface area contributed by atoms with Gasteiger partial charge in [-0.15, -0.1) is 0 Å². The molecule has 3 heteroatoms. The van der Waals surface area contributed by atoms with Crippen molar-refractivity contribution < 1.29 is 0 Å². The molecule has 3 nitrogen and oxygen atoms in total. The van der Waals surface area contributed by atoms with Gasteiger partial charge in [0.1, 0.15) is 0 Å². The lowest BCUT2D eigenvalue weighted by atomic mass is 9.97. The van der Waals surface area contributed by atoms with E-state index in [1.807, 2.05) is 18.5 Å². The number of rotatable bonds is 5. The summed E-state index contributed by atoms with van der Waals surface area (Å²) in [6.45, 7) is 8.07. The molecule has 0 spiro atoms. The van der Waals surface area contributed by atoms with Crippen LogP contribution in [0.4, 0.5) is 0 Å². The van der Waals surface area contributed by atoms with Crippen molar-refractivity contribution in [1.29, 1.82) is 0 Å². The Labute approximate surface area is 122 Å². The van der Waals surface area contributed by atoms with E-state index in [-0.39, 0.29) is 0 Å². The SMILES string of the molecule is CC(C)CC1CNC(C2CC2)CN1Cc1cccnc1. The summed E-state index contributed by atoms with van der Waals surface area (Å²) in [7, 11) is 0. The molecule has 1 saturated heterocycles. The molecule has 0 radical (unpaired) electrons. The van der Waals surface area contributed by atoms with Crippen LogP contribution in [0.2, 0.25) is 0 Å². The van der Waals surface area contributed by atoms with Gasteiger partial charge in [0.15, 0.2) is 0 Å². The number of piperazine rings is 1. The van der Waals surface area contributed by atoms with E-state index >= 15 is 0 Å². The van der Waals surface area contributed by atoms with Crippen molar-refractivity contribution >= 4 is 0 Å². The summed E-state index contributed by atoms with van der Waals surface area (Å²) in [6.07, 6.45) is 8.01. The largest absolute Gasteiger partial charge is 0.311 e. The zero-order chi connectivity index (χ0) is 13.9. The number of nitrogens with zero attached hydrogens (tertiary/aromatic N) is 2. The summed E-state index contributed by atoms with van der Waals surface area (Å²) in [4.78, 5) is 6.95. The number of pyridine rings is 1. The highest BCUT2D eigenvalue weighted by Gasteiger charge is 2.37. The first-order valence-electron chi connectivity index (χ1n) is 8.08. The van der Waals surface area contributed by atoms with Crippen LogP contribution in [0.15, 0.2) is 24.5 Å². The first-order chi connectivity index (χ1) is 9.72. The topological polar surface area (TPSA) is 28.2 Å². The molecule has 1 aromatic heterocycles. The predicted octanol–water partition coefficient (Wildman–Crippen LogP) is 2.68. The Hall–Kier alpha value is -0.930. The lowest BCUT2D eigenvalue weighted by molar-refractivity contribution is 0.0998. The van der Waals surface area contributed by atoms with Crippen LogP contribution in [0, 0.1) is 11.8 Å². The molecular weight excluding hydrogens is 246 g/mol. The maximum absolute atomic E-state index is 4.26. The Bertz CT molecular complexity index is 414. The zero-order valence-corrected chi connectivity index (χ0v) is 12.8. The summed E-state index contributed by atoms with van der Waals surface area (Å²) in [6, 6.07) is 5.64. The molecule has 1 aliphatic carbocycles. The lowest BCUT2D eigenvalue weighted by Gasteiger charge is -2.41. The van der Waals surface area contributed by atoms with Gasteiger partial charge >= 0.3 is 0 Å². The molecule has 2 atom stereocenters. The quantitative estimate of drug-likeness (QED) is 0.894. The fourth-order valence-electron chi connectivity index (χ4n) is 3.39. The van der Waals surface area contributed by atoms with Gasteiger partial charge in [-0.3, -0.25) is 9.88 Å². The molecule has 0 aromatic carbocycles. The van der Waals surface area contributed by atoms with Crippen LogP contribution in [0.1, 0.15) is 38.7 Å². The van der Waals surface area contributed by atoms with Crippen LogP contribution in [-0.2, 0) is 6.54 Å². The van der Waals surface area contributed by atoms with Crippen molar-refractivity contribution in [3.05, 3.63) is 30.1 Å². The van der Waals surface area contributed by atoms with Crippen LogP contribution in [0.3, 0.4) is 0 Å². The van der Waals surface area contributed by atoms with Gasteiger partial charge in [-0.1, -0.05) is 19.9 Å². The van der Waals surface area contributed by atoms with Gasteiger partial charge in [0, 0.05) is 44.1 Å². The monoisotopic (exact) mass is 273 g/mol. The standard InChI is InChI=1S/C17H27N3/c1-13(2)8-16-10-19-17(15-5-6-15)12-20(16)11-14-4-3-7-18-9-14/h3-4,7,9,13,15-17,19H,5-6,8,10-12H2,1-2H3. The van der Waals surface area contributed by atoms with Gasteiger partial charge in [-0.2, -0.15) is 0 Å². The molecule has 1 saturated carbocycles. The van der Waals surface area contributed by atoms with Crippen LogP contribution in [-0.4, -0.2) is 35.1 Å². The highest BCUT2D eigenvalue weighted by molar-refractivity contribution is 5.09. The van der Waals surface area contributed by atoms with Crippen molar-refractivity contribution in [2.45, 2.75) is 51.7 Å². The molecule has 1 N–H and O–H groups in total. The molecule has 20 heavy (non-hydrogen) atoms. The third-order valence-corrected chi connectivity index (χ3v) is 4.61. The van der Waals surface area contributed by atoms with E-state index in [9.17, 15) is 0 Å². The summed E-state index contributed by atoms with van der Waals surface area (Å²) < 4.78 is 0. The lowest BCUT2D eigenvalue weighted by Crippen LogP contribution is -2.57. The average molecular weight is 273 g/mol. The molecule has 110 valence electrons. The second kappa shape index (κ2) is 6.23. The van der Waals surface area contributed by atoms with Crippen molar-refractivity contribution in [3.63, 3.8) is 0 Å². The van der Waals surface area contributed by atoms with Crippen molar-refractivity contribution in [3.8, 4) is 0 Å². The number of hydrogen-bond acceptors (Lipinski definition) is 3. The molecule has 2 fully saturated rings. The van der Waals surface area contributed by atoms with Gasteiger partial charge in [0.25, 0.3) is 0 Å². The fraction of sp³-hybridized carbons (Fsp3) is 0.706. The number of aromatic nitrogens is 1. The van der Waals surface area contributed by atoms with E-state index in [4.69, 9.17) is 0 Å². The van der Waals surface area contributed by atoms with Gasteiger partial charge < -0.3 is 5.32 Å². The van der Waals surface area contributed by atoms with Crippen LogP contribution in [0.5, 0.6) is 0 Å². The van der Waals surface area contributed by atoms with E-state index in [1.54, 1.807) is 0 Å². The number of hydrogen-bond donors (Lipinski definition) is 1. The molecule has 2 heterocycles. The Morgan fingerprint density at radius 1 is 1.40 bits per heavy atom. The van der Waals surface area contributed by atoms with E-state index in [2.05, 4.69) is 35.1 Å². The van der Waals surface area contributed by atoms with E-state index in [1.165, 1.54) is 31.4 Å². The smallest absolute Gasteiger partial charge is 0.0312 e. The Morgan fingerprint density at radius 3 is 2.90 bits per heavy atom. The summed E-state index contributed by atoms with van der Waals surface area (Å²) in [5.41, 5.74) is 1.35. The van der Waals surface area contributed by atoms with Crippen molar-refractivity contribution in [2.24, 2.45) is 11.8 Å². The molecule has 1 aliphatic heterocycles. The van der Waals surface area contributed by atoms with Crippen molar-refractivity contribution in [1.82, 2.24) is 15.2 Å². The molecule has 0 amide bonds. The second-order valence-electron chi connectivity index (χ2n) is 6.93. The van der Waals surface area contributed by atoms with Crippen LogP contribution in [0.25, 0.3) is 0 Å². The maximum Gasteiger partial charge on any atom is 0.0312 e. The molecule has 0 bridgehead atoms. The Morgan fingerprint density at radius 2 is 2.25 bits per heavy atom. The first-order valence-corrected chi connectivity index (χ1v) is 8.08.